The third kappa shape index (κ3) is 11.7. The summed E-state index contributed by atoms with van der Waals surface area (Å²) in [5, 5.41) is 25.0. The van der Waals surface area contributed by atoms with Crippen molar-refractivity contribution in [1.82, 2.24) is 34.6 Å². The summed E-state index contributed by atoms with van der Waals surface area (Å²) in [6, 6.07) is 22.0. The molecule has 20 heteroatoms. The molecule has 5 rings (SSSR count). The van der Waals surface area contributed by atoms with Crippen LogP contribution < -0.4 is 24.2 Å². The van der Waals surface area contributed by atoms with Crippen LogP contribution in [0.3, 0.4) is 0 Å². The highest BCUT2D eigenvalue weighted by Gasteiger charge is 2.38. The second-order valence-electron chi connectivity index (χ2n) is 14.1. The molecule has 0 aliphatic rings. The number of aromatic nitrogens is 4. The van der Waals surface area contributed by atoms with Crippen LogP contribution >= 0.6 is 22.6 Å². The number of ether oxygens (including phenoxy) is 4. The van der Waals surface area contributed by atoms with Gasteiger partial charge in [-0.25, -0.2) is 31.0 Å². The maximum atomic E-state index is 15.5. The van der Waals surface area contributed by atoms with Crippen molar-refractivity contribution in [2.45, 2.75) is 61.8 Å². The SMILES string of the molecule is COc1ccc(CN(Cc2ccc(OC)cc2)S(=O)(=O)c2c(S(=O)(=O)N[C@H](CO)CNC(=O)OC(C)(C)C)ccc(I)c2-c2nnnn2Cc2ccc(OC)cc2)cc1. The molecule has 1 aromatic heterocycles. The molecule has 59 heavy (non-hydrogen) atoms. The van der Waals surface area contributed by atoms with Gasteiger partial charge in [-0.2, -0.15) is 4.31 Å². The summed E-state index contributed by atoms with van der Waals surface area (Å²) in [5.41, 5.74) is 0.985. The molecule has 0 radical (unpaired) electrons. The highest BCUT2D eigenvalue weighted by Crippen LogP contribution is 2.38. The van der Waals surface area contributed by atoms with Gasteiger partial charge in [0.2, 0.25) is 20.0 Å². The molecule has 1 heterocycles. The molecule has 0 bridgehead atoms. The van der Waals surface area contributed by atoms with Crippen LogP contribution in [0, 0.1) is 3.57 Å². The van der Waals surface area contributed by atoms with Crippen molar-refractivity contribution >= 4 is 48.7 Å². The van der Waals surface area contributed by atoms with Crippen LogP contribution in [0.1, 0.15) is 37.5 Å². The summed E-state index contributed by atoms with van der Waals surface area (Å²) in [6.45, 7) is 3.55. The second-order valence-corrected chi connectivity index (χ2v) is 18.8. The minimum absolute atomic E-state index is 0.0278. The number of benzene rings is 4. The minimum atomic E-state index is -4.84. The smallest absolute Gasteiger partial charge is 0.407 e. The number of aliphatic hydroxyl groups excluding tert-OH is 1. The number of aliphatic hydroxyl groups is 1. The summed E-state index contributed by atoms with van der Waals surface area (Å²) < 4.78 is 86.6. The third-order valence-corrected chi connectivity index (χ3v) is 13.1. The van der Waals surface area contributed by atoms with Gasteiger partial charge in [0.15, 0.2) is 5.82 Å². The lowest BCUT2D eigenvalue weighted by Gasteiger charge is -2.26. The van der Waals surface area contributed by atoms with E-state index in [0.29, 0.717) is 31.9 Å². The fourth-order valence-electron chi connectivity index (χ4n) is 5.78. The van der Waals surface area contributed by atoms with Gasteiger partial charge in [0.25, 0.3) is 0 Å². The number of tetrazole rings is 1. The first kappa shape index (κ1) is 45.2. The molecule has 0 saturated carbocycles. The van der Waals surface area contributed by atoms with Crippen LogP contribution in [-0.2, 0) is 44.4 Å². The van der Waals surface area contributed by atoms with Gasteiger partial charge in [0.05, 0.1) is 46.1 Å². The molecule has 4 aromatic carbocycles. The van der Waals surface area contributed by atoms with Gasteiger partial charge in [0, 0.05) is 23.2 Å². The molecule has 0 fully saturated rings. The molecule has 17 nitrogen and oxygen atoms in total. The number of hydrogen-bond donors (Lipinski definition) is 3. The van der Waals surface area contributed by atoms with E-state index in [1.54, 1.807) is 101 Å². The van der Waals surface area contributed by atoms with Gasteiger partial charge < -0.3 is 29.4 Å². The number of nitrogens with one attached hydrogen (secondary N) is 2. The van der Waals surface area contributed by atoms with Crippen molar-refractivity contribution in [1.29, 1.82) is 0 Å². The maximum absolute atomic E-state index is 15.5. The van der Waals surface area contributed by atoms with Gasteiger partial charge in [-0.3, -0.25) is 0 Å². The van der Waals surface area contributed by atoms with Crippen LogP contribution in [-0.4, -0.2) is 98.7 Å². The second kappa shape index (κ2) is 19.5. The quantitative estimate of drug-likeness (QED) is 0.103. The van der Waals surface area contributed by atoms with E-state index in [-0.39, 0.29) is 37.6 Å². The van der Waals surface area contributed by atoms with Gasteiger partial charge in [-0.1, -0.05) is 36.4 Å². The first-order chi connectivity index (χ1) is 28.0. The fourth-order valence-corrected chi connectivity index (χ4v) is 10.3. The number of hydrogen-bond acceptors (Lipinski definition) is 13. The van der Waals surface area contributed by atoms with Crippen LogP contribution in [0.5, 0.6) is 17.2 Å². The Morgan fingerprint density at radius 3 is 1.80 bits per heavy atom. The van der Waals surface area contributed by atoms with Crippen molar-refractivity contribution < 1.29 is 45.7 Å². The minimum Gasteiger partial charge on any atom is -0.497 e. The monoisotopic (exact) mass is 963 g/mol. The Morgan fingerprint density at radius 1 is 0.814 bits per heavy atom. The summed E-state index contributed by atoms with van der Waals surface area (Å²) in [7, 11) is -5.08. The molecule has 5 aromatic rings. The molecule has 0 aliphatic carbocycles. The number of rotatable bonds is 18. The Morgan fingerprint density at radius 2 is 1.32 bits per heavy atom. The fraction of sp³-hybridized carbons (Fsp3) is 0.333. The first-order valence-corrected chi connectivity index (χ1v) is 22.1. The molecule has 1 atom stereocenters. The summed E-state index contributed by atoms with van der Waals surface area (Å²) in [4.78, 5) is 11.2. The Balaban J connectivity index is 1.69. The topological polar surface area (TPSA) is 213 Å². The van der Waals surface area contributed by atoms with E-state index < -0.39 is 54.2 Å². The van der Waals surface area contributed by atoms with Gasteiger partial charge in [-0.15, -0.1) is 5.10 Å². The largest absolute Gasteiger partial charge is 0.497 e. The van der Waals surface area contributed by atoms with Crippen molar-refractivity contribution in [3.8, 4) is 28.6 Å². The van der Waals surface area contributed by atoms with E-state index in [2.05, 4.69) is 25.6 Å². The van der Waals surface area contributed by atoms with E-state index in [1.165, 1.54) is 31.0 Å². The van der Waals surface area contributed by atoms with Crippen molar-refractivity contribution in [2.24, 2.45) is 0 Å². The van der Waals surface area contributed by atoms with Crippen LogP contribution in [0.25, 0.3) is 11.4 Å². The highest BCUT2D eigenvalue weighted by molar-refractivity contribution is 14.1. The molecule has 0 aliphatic heterocycles. The highest BCUT2D eigenvalue weighted by atomic mass is 127. The van der Waals surface area contributed by atoms with E-state index in [4.69, 9.17) is 18.9 Å². The predicted molar refractivity (Wildman–Crippen MR) is 226 cm³/mol. The zero-order valence-corrected chi connectivity index (χ0v) is 37.0. The summed E-state index contributed by atoms with van der Waals surface area (Å²) in [5.74, 6) is 1.71. The number of nitrogens with zero attached hydrogens (tertiary/aromatic N) is 5. The lowest BCUT2D eigenvalue weighted by atomic mass is 10.2. The van der Waals surface area contributed by atoms with E-state index in [0.717, 1.165) is 9.87 Å². The normalized spacial score (nSPS) is 12.6. The average molecular weight is 964 g/mol. The van der Waals surface area contributed by atoms with Gasteiger partial charge >= 0.3 is 6.09 Å². The van der Waals surface area contributed by atoms with E-state index in [1.807, 2.05) is 22.6 Å². The van der Waals surface area contributed by atoms with Gasteiger partial charge in [0.1, 0.15) is 32.6 Å². The number of carbonyl (C=O) groups excluding carboxylic acids is 1. The van der Waals surface area contributed by atoms with Crippen molar-refractivity contribution in [2.75, 3.05) is 34.5 Å². The number of amides is 1. The number of carbonyl (C=O) groups is 1. The summed E-state index contributed by atoms with van der Waals surface area (Å²) >= 11 is 1.93. The number of halogens is 1. The Bertz CT molecular complexity index is 2380. The van der Waals surface area contributed by atoms with Gasteiger partial charge in [-0.05, 0) is 119 Å². The number of alkyl carbamates (subject to hydrolysis) is 1. The lowest BCUT2D eigenvalue weighted by Crippen LogP contribution is -2.47. The number of methoxy groups -OCH3 is 3. The molecule has 0 saturated heterocycles. The molecule has 0 unspecified atom stereocenters. The molecular formula is C39H46IN7O10S2. The average Bonchev–Trinajstić information content (AvgIpc) is 3.66. The van der Waals surface area contributed by atoms with Crippen LogP contribution in [0.2, 0.25) is 0 Å². The lowest BCUT2D eigenvalue weighted by molar-refractivity contribution is 0.0519. The Labute approximate surface area is 357 Å². The predicted octanol–water partition coefficient (Wildman–Crippen LogP) is 4.57. The zero-order valence-electron chi connectivity index (χ0n) is 33.2. The standard InChI is InChI=1S/C39H46IN7O10S2/c1-39(2,3)57-38(49)41-21-29(25-48)43-58(50,51)34-20-19-33(40)35(37-42-44-45-47(37)24-28-11-17-32(56-6)18-12-28)36(34)59(52,53)46(22-26-7-13-30(54-4)14-8-26)23-27-9-15-31(55-5)16-10-27/h7-20,29,43,48H,21-25H2,1-6H3,(H,41,49)/t29-/m0/s1. The van der Waals surface area contributed by atoms with Crippen LogP contribution in [0.15, 0.2) is 94.7 Å². The molecule has 316 valence electrons. The van der Waals surface area contributed by atoms with Crippen LogP contribution in [0.4, 0.5) is 4.79 Å². The third-order valence-electron chi connectivity index (χ3n) is 8.67. The molecule has 1 amide bonds. The molecule has 0 spiro atoms. The first-order valence-electron chi connectivity index (χ1n) is 18.1. The zero-order chi connectivity index (χ0) is 43.0. The number of sulfonamides is 2. The Kier molecular flexibility index (Phi) is 14.9. The van der Waals surface area contributed by atoms with Crippen molar-refractivity contribution in [3.63, 3.8) is 0 Å². The molecule has 3 N–H and O–H groups in total. The van der Waals surface area contributed by atoms with E-state index >= 15 is 8.42 Å². The van der Waals surface area contributed by atoms with E-state index in [9.17, 15) is 18.3 Å². The Hall–Kier alpha value is -4.87. The molecular weight excluding hydrogens is 918 g/mol. The van der Waals surface area contributed by atoms with Crippen molar-refractivity contribution in [3.05, 3.63) is 105 Å². The maximum Gasteiger partial charge on any atom is 0.407 e. The summed E-state index contributed by atoms with van der Waals surface area (Å²) in [6.07, 6.45) is -0.841.